The van der Waals surface area contributed by atoms with Crippen molar-refractivity contribution in [1.82, 2.24) is 0 Å². The molecule has 0 aromatic rings. The number of rotatable bonds is 0. The van der Waals surface area contributed by atoms with Gasteiger partial charge in [0, 0.05) is 0 Å². The molecule has 0 aromatic carbocycles. The molecular formula is C45H83Cl5LiZr2. The zero-order valence-electron chi connectivity index (χ0n) is 37.6. The molecule has 0 radical (unpaired) electrons. The maximum absolute atomic E-state index is 5.00. The third-order valence-corrected chi connectivity index (χ3v) is 14.1. The Bertz CT molecular complexity index is 810. The number of fused-ring (bicyclic) bond motifs is 2. The van der Waals surface area contributed by atoms with Crippen LogP contribution in [0.5, 0.6) is 0 Å². The van der Waals surface area contributed by atoms with E-state index in [2.05, 4.69) is 132 Å². The van der Waals surface area contributed by atoms with E-state index in [0.29, 0.717) is 0 Å². The Morgan fingerprint density at radius 2 is 0.585 bits per heavy atom. The summed E-state index contributed by atoms with van der Waals surface area (Å²) in [5, 5.41) is 0. The Hall–Kier alpha value is 2.77. The first-order valence-electron chi connectivity index (χ1n) is 19.5. The van der Waals surface area contributed by atoms with E-state index in [4.69, 9.17) is 42.6 Å². The summed E-state index contributed by atoms with van der Waals surface area (Å²) in [6.45, 7) is 32.7. The van der Waals surface area contributed by atoms with E-state index in [0.717, 1.165) is 94.7 Å². The molecule has 6 atom stereocenters. The van der Waals surface area contributed by atoms with E-state index in [1.54, 1.807) is 0 Å². The second-order valence-corrected chi connectivity index (χ2v) is 30.9. The molecule has 0 aromatic heterocycles. The molecular weight excluding hydrogens is 907 g/mol. The van der Waals surface area contributed by atoms with E-state index >= 15 is 0 Å². The van der Waals surface area contributed by atoms with E-state index in [1.807, 2.05) is 13.8 Å². The molecule has 6 aliphatic rings. The molecule has 0 heterocycles. The molecule has 0 saturated heterocycles. The van der Waals surface area contributed by atoms with Crippen molar-refractivity contribution in [1.29, 1.82) is 0 Å². The average Bonchev–Trinajstić information content (AvgIpc) is 3.76. The van der Waals surface area contributed by atoms with Gasteiger partial charge in [0.2, 0.25) is 0 Å². The molecule has 53 heavy (non-hydrogen) atoms. The van der Waals surface area contributed by atoms with Crippen molar-refractivity contribution in [3.63, 3.8) is 0 Å². The second-order valence-electron chi connectivity index (χ2n) is 16.0. The molecule has 0 bridgehead atoms. The molecule has 6 aliphatic carbocycles. The van der Waals surface area contributed by atoms with E-state index in [9.17, 15) is 0 Å². The van der Waals surface area contributed by atoms with Crippen molar-refractivity contribution in [3.8, 4) is 0 Å². The first kappa shape index (κ1) is 64.9. The van der Waals surface area contributed by atoms with Crippen LogP contribution in [0.3, 0.4) is 0 Å². The van der Waals surface area contributed by atoms with Gasteiger partial charge in [0.15, 0.2) is 0 Å². The molecule has 0 amide bonds. The number of allylic oxidation sites excluding steroid dienone is 8. The molecule has 8 heteroatoms. The van der Waals surface area contributed by atoms with Crippen LogP contribution in [-0.4, -0.2) is 0 Å². The van der Waals surface area contributed by atoms with Gasteiger partial charge in [-0.05, 0) is 120 Å². The van der Waals surface area contributed by atoms with Crippen molar-refractivity contribution in [3.05, 3.63) is 70.9 Å². The standard InChI is InChI=1S/2C10H14.2C10H20.C2H6.3CH3.5ClH.Li.2Zr/c2*1-8-6-7-9-4-2-3-5-10(8)9;2*1-6-7(2)9(4)10(5)8(6)3;1-2;;;;;;;;;;;/h2*2-5,8-10H,6-7H2,1H3;2*6-10H,1-5H3;1-2H3;3*1H3;5*1H;;;/q;;;;;3*-1;;;;;;+1;+3;+4/p-5. The minimum absolute atomic E-state index is 0. The van der Waals surface area contributed by atoms with Crippen molar-refractivity contribution in [2.45, 2.75) is 123 Å². The van der Waals surface area contributed by atoms with Crippen LogP contribution in [-0.2, 0) is 39.0 Å². The minimum Gasteiger partial charge on any atom is 1.00 e. The van der Waals surface area contributed by atoms with Gasteiger partial charge in [0.1, 0.15) is 0 Å². The van der Waals surface area contributed by atoms with Crippen molar-refractivity contribution >= 4 is 42.6 Å². The summed E-state index contributed by atoms with van der Waals surface area (Å²) < 4.78 is 0. The van der Waals surface area contributed by atoms with Gasteiger partial charge in [0.25, 0.3) is 0 Å². The summed E-state index contributed by atoms with van der Waals surface area (Å²) >= 11 is -2.95. The monoisotopic (exact) mass is 985 g/mol. The molecule has 0 N–H and O–H groups in total. The summed E-state index contributed by atoms with van der Waals surface area (Å²) in [6, 6.07) is 0. The van der Waals surface area contributed by atoms with Crippen LogP contribution >= 0.6 is 42.6 Å². The fourth-order valence-electron chi connectivity index (χ4n) is 9.23. The largest absolute Gasteiger partial charge is 1.00 e. The molecule has 4 fully saturated rings. The molecule has 6 rings (SSSR count). The van der Waals surface area contributed by atoms with Gasteiger partial charge in [-0.15, -0.1) is 0 Å². The maximum Gasteiger partial charge on any atom is 1.00 e. The van der Waals surface area contributed by atoms with E-state index in [-0.39, 0.29) is 41.1 Å². The molecule has 4 saturated carbocycles. The van der Waals surface area contributed by atoms with Crippen molar-refractivity contribution < 1.29 is 57.9 Å². The SMILES string of the molecule is CC.CC1C(C)C(C)C(C)C1C.CC1C(C)C(C)C(C)C1C.CC1CCC2C=CC=CC12.CC1CCC2C=CC=CC12.[CH3-].[CH3-].[CH3-].[Cl][Zr+2][Cl].[Cl][Zr]([Cl])[Cl].[Li+]. The summed E-state index contributed by atoms with van der Waals surface area (Å²) in [5.41, 5.74) is 0. The van der Waals surface area contributed by atoms with Gasteiger partial charge in [-0.3, -0.25) is 0 Å². The summed E-state index contributed by atoms with van der Waals surface area (Å²) in [6.07, 6.45) is 23.9. The number of halogens is 5. The van der Waals surface area contributed by atoms with Gasteiger partial charge < -0.3 is 22.3 Å². The third-order valence-electron chi connectivity index (χ3n) is 14.1. The zero-order chi connectivity index (χ0) is 38.0. The van der Waals surface area contributed by atoms with Crippen LogP contribution < -0.4 is 18.9 Å². The Morgan fingerprint density at radius 3 is 0.755 bits per heavy atom. The Labute approximate surface area is 384 Å². The zero-order valence-corrected chi connectivity index (χ0v) is 46.3. The van der Waals surface area contributed by atoms with Gasteiger partial charge in [-0.2, -0.15) is 0 Å². The van der Waals surface area contributed by atoms with Crippen LogP contribution in [0.25, 0.3) is 0 Å². The maximum atomic E-state index is 5.00. The van der Waals surface area contributed by atoms with Gasteiger partial charge in [0.05, 0.1) is 0 Å². The van der Waals surface area contributed by atoms with Crippen LogP contribution in [0.2, 0.25) is 0 Å². The molecule has 307 valence electrons. The van der Waals surface area contributed by atoms with Gasteiger partial charge in [-0.1, -0.05) is 146 Å². The smallest absolute Gasteiger partial charge is 1.00 e. The Balaban J connectivity index is -0.000000176. The quantitative estimate of drug-likeness (QED) is 0.168. The van der Waals surface area contributed by atoms with Crippen LogP contribution in [0.4, 0.5) is 0 Å². The Kier molecular flexibility index (Phi) is 43.5. The average molecular weight is 991 g/mol. The molecule has 0 aliphatic heterocycles. The molecule has 0 spiro atoms. The summed E-state index contributed by atoms with van der Waals surface area (Å²) in [5.74, 6) is 14.7. The third kappa shape index (κ3) is 22.3. The van der Waals surface area contributed by atoms with Gasteiger partial charge in [-0.25, -0.2) is 0 Å². The normalized spacial score (nSPS) is 38.3. The van der Waals surface area contributed by atoms with Crippen molar-refractivity contribution in [2.24, 2.45) is 94.7 Å². The number of hydrogen-bond donors (Lipinski definition) is 0. The molecule has 6 unspecified atom stereocenters. The minimum atomic E-state index is -2.13. The fourth-order valence-corrected chi connectivity index (χ4v) is 9.23. The van der Waals surface area contributed by atoms with Crippen LogP contribution in [0.1, 0.15) is 123 Å². The predicted molar refractivity (Wildman–Crippen MR) is 239 cm³/mol. The van der Waals surface area contributed by atoms with Crippen molar-refractivity contribution in [2.75, 3.05) is 0 Å². The Morgan fingerprint density at radius 1 is 0.415 bits per heavy atom. The summed E-state index contributed by atoms with van der Waals surface area (Å²) in [4.78, 5) is 0. The van der Waals surface area contributed by atoms with Crippen LogP contribution in [0.15, 0.2) is 48.6 Å². The fraction of sp³-hybridized carbons (Fsp3) is 0.756. The van der Waals surface area contributed by atoms with Gasteiger partial charge >= 0.3 is 100 Å². The predicted octanol–water partition coefficient (Wildman–Crippen LogP) is 14.7. The second kappa shape index (κ2) is 35.5. The number of hydrogen-bond acceptors (Lipinski definition) is 0. The molecule has 0 nitrogen and oxygen atoms in total. The van der Waals surface area contributed by atoms with Crippen LogP contribution in [0, 0.1) is 117 Å². The first-order valence-corrected chi connectivity index (χ1v) is 35.3. The topological polar surface area (TPSA) is 0 Å². The summed E-state index contributed by atoms with van der Waals surface area (Å²) in [7, 11) is 24.9. The van der Waals surface area contributed by atoms with E-state index < -0.39 is 39.0 Å². The first-order chi connectivity index (χ1) is 23.0. The van der Waals surface area contributed by atoms with E-state index in [1.165, 1.54) is 25.7 Å².